The lowest BCUT2D eigenvalue weighted by Crippen LogP contribution is -2.51. The lowest BCUT2D eigenvalue weighted by Gasteiger charge is -2.33. The first-order chi connectivity index (χ1) is 9.58. The molecule has 2 amide bonds. The Balaban J connectivity index is 1.93. The van der Waals surface area contributed by atoms with Gasteiger partial charge < -0.3 is 10.6 Å². The van der Waals surface area contributed by atoms with Crippen molar-refractivity contribution in [2.75, 3.05) is 12.3 Å². The van der Waals surface area contributed by atoms with Crippen LogP contribution < -0.4 is 5.73 Å². The van der Waals surface area contributed by atoms with Crippen molar-refractivity contribution in [3.63, 3.8) is 0 Å². The van der Waals surface area contributed by atoms with Crippen molar-refractivity contribution in [3.05, 3.63) is 29.3 Å². The minimum absolute atomic E-state index is 0.0338. The molecule has 0 aromatic heterocycles. The second-order valence-electron chi connectivity index (χ2n) is 4.74. The third-order valence-electron chi connectivity index (χ3n) is 3.33. The number of hydrogen-bond acceptors (Lipinski definition) is 3. The van der Waals surface area contributed by atoms with Crippen LogP contribution in [-0.2, 0) is 9.59 Å². The molecule has 1 aliphatic rings. The van der Waals surface area contributed by atoms with E-state index in [-0.39, 0.29) is 5.91 Å². The molecule has 6 heteroatoms. The van der Waals surface area contributed by atoms with Crippen molar-refractivity contribution in [2.45, 2.75) is 30.2 Å². The summed E-state index contributed by atoms with van der Waals surface area (Å²) in [4.78, 5) is 26.2. The Morgan fingerprint density at radius 3 is 2.65 bits per heavy atom. The number of rotatable bonds is 4. The van der Waals surface area contributed by atoms with Gasteiger partial charge in [-0.25, -0.2) is 0 Å². The van der Waals surface area contributed by atoms with Crippen LogP contribution >= 0.6 is 23.4 Å². The van der Waals surface area contributed by atoms with Crippen molar-refractivity contribution >= 4 is 35.2 Å². The molecule has 0 saturated carbocycles. The molecule has 1 saturated heterocycles. The molecule has 2 rings (SSSR count). The quantitative estimate of drug-likeness (QED) is 0.868. The van der Waals surface area contributed by atoms with Crippen molar-refractivity contribution < 1.29 is 9.59 Å². The molecule has 4 nitrogen and oxygen atoms in total. The van der Waals surface area contributed by atoms with Crippen molar-refractivity contribution in [1.29, 1.82) is 0 Å². The summed E-state index contributed by atoms with van der Waals surface area (Å²) in [5, 5.41) is 0.672. The molecule has 1 fully saturated rings. The zero-order valence-electron chi connectivity index (χ0n) is 11.0. The van der Waals surface area contributed by atoms with E-state index in [2.05, 4.69) is 0 Å². The van der Waals surface area contributed by atoms with E-state index < -0.39 is 11.9 Å². The zero-order valence-corrected chi connectivity index (χ0v) is 12.6. The fraction of sp³-hybridized carbons (Fsp3) is 0.429. The highest BCUT2D eigenvalue weighted by Crippen LogP contribution is 2.23. The molecule has 1 aromatic carbocycles. The maximum Gasteiger partial charge on any atom is 0.240 e. The molecule has 0 radical (unpaired) electrons. The average molecular weight is 313 g/mol. The Bertz CT molecular complexity index is 492. The first kappa shape index (κ1) is 15.2. The van der Waals surface area contributed by atoms with Gasteiger partial charge in [-0.2, -0.15) is 0 Å². The highest BCUT2D eigenvalue weighted by Gasteiger charge is 2.30. The summed E-state index contributed by atoms with van der Waals surface area (Å²) in [6, 6.07) is 6.90. The number of hydrogen-bond donors (Lipinski definition) is 1. The molecular formula is C14H17ClN2O2S. The first-order valence-electron chi connectivity index (χ1n) is 6.55. The van der Waals surface area contributed by atoms with Crippen molar-refractivity contribution in [1.82, 2.24) is 4.90 Å². The summed E-state index contributed by atoms with van der Waals surface area (Å²) >= 11 is 7.26. The third-order valence-corrected chi connectivity index (χ3v) is 4.58. The second kappa shape index (κ2) is 6.99. The molecule has 108 valence electrons. The predicted octanol–water partition coefficient (Wildman–Crippen LogP) is 2.30. The first-order valence-corrected chi connectivity index (χ1v) is 7.91. The normalized spacial score (nSPS) is 18.9. The number of nitrogens with two attached hydrogens (primary N) is 1. The Hall–Kier alpha value is -1.20. The predicted molar refractivity (Wildman–Crippen MR) is 80.7 cm³/mol. The van der Waals surface area contributed by atoms with E-state index in [1.165, 1.54) is 11.8 Å². The lowest BCUT2D eigenvalue weighted by atomic mass is 10.0. The molecule has 0 bridgehead atoms. The summed E-state index contributed by atoms with van der Waals surface area (Å²) in [5.41, 5.74) is 5.37. The Morgan fingerprint density at radius 1 is 1.30 bits per heavy atom. The number of likely N-dealkylation sites (tertiary alicyclic amines) is 1. The van der Waals surface area contributed by atoms with E-state index in [4.69, 9.17) is 17.3 Å². The number of carbonyl (C=O) groups is 2. The minimum Gasteiger partial charge on any atom is -0.368 e. The van der Waals surface area contributed by atoms with Gasteiger partial charge >= 0.3 is 0 Å². The number of thioether (sulfide) groups is 1. The summed E-state index contributed by atoms with van der Waals surface area (Å²) in [6.07, 6.45) is 2.55. The number of benzene rings is 1. The average Bonchev–Trinajstić information content (AvgIpc) is 2.46. The molecule has 0 aliphatic carbocycles. The molecule has 1 unspecified atom stereocenters. The van der Waals surface area contributed by atoms with Crippen molar-refractivity contribution in [2.24, 2.45) is 5.73 Å². The smallest absolute Gasteiger partial charge is 0.240 e. The third kappa shape index (κ3) is 3.90. The van der Waals surface area contributed by atoms with E-state index in [0.717, 1.165) is 17.7 Å². The molecule has 2 N–H and O–H groups in total. The monoisotopic (exact) mass is 312 g/mol. The maximum atomic E-state index is 12.2. The maximum absolute atomic E-state index is 12.2. The molecular weight excluding hydrogens is 296 g/mol. The van der Waals surface area contributed by atoms with Crippen LogP contribution in [0.2, 0.25) is 5.02 Å². The van der Waals surface area contributed by atoms with Gasteiger partial charge in [0.2, 0.25) is 11.8 Å². The Kier molecular flexibility index (Phi) is 5.31. The molecule has 1 atom stereocenters. The number of primary amides is 1. The van der Waals surface area contributed by atoms with E-state index in [0.29, 0.717) is 23.7 Å². The van der Waals surface area contributed by atoms with Crippen LogP contribution in [0.1, 0.15) is 19.3 Å². The zero-order chi connectivity index (χ0) is 14.5. The Morgan fingerprint density at radius 2 is 2.00 bits per heavy atom. The second-order valence-corrected chi connectivity index (χ2v) is 6.23. The van der Waals surface area contributed by atoms with Crippen molar-refractivity contribution in [3.8, 4) is 0 Å². The van der Waals surface area contributed by atoms with E-state index in [1.54, 1.807) is 17.0 Å². The van der Waals surface area contributed by atoms with Crippen LogP contribution in [0.3, 0.4) is 0 Å². The van der Waals surface area contributed by atoms with Crippen LogP contribution in [0.5, 0.6) is 0 Å². The number of carbonyl (C=O) groups excluding carboxylic acids is 2. The van der Waals surface area contributed by atoms with Gasteiger partial charge in [0.05, 0.1) is 5.75 Å². The van der Waals surface area contributed by atoms with Gasteiger partial charge in [0.15, 0.2) is 0 Å². The van der Waals surface area contributed by atoms with Crippen LogP contribution in [0, 0.1) is 0 Å². The molecule has 0 spiro atoms. The molecule has 1 aliphatic heterocycles. The highest BCUT2D eigenvalue weighted by atomic mass is 35.5. The van der Waals surface area contributed by atoms with E-state index >= 15 is 0 Å². The van der Waals surface area contributed by atoms with Gasteiger partial charge in [0, 0.05) is 16.5 Å². The van der Waals surface area contributed by atoms with Crippen LogP contribution in [0.25, 0.3) is 0 Å². The number of nitrogens with zero attached hydrogens (tertiary/aromatic N) is 1. The van der Waals surface area contributed by atoms with Crippen LogP contribution in [0.15, 0.2) is 29.2 Å². The van der Waals surface area contributed by atoms with Gasteiger partial charge in [-0.1, -0.05) is 11.6 Å². The topological polar surface area (TPSA) is 63.4 Å². The van der Waals surface area contributed by atoms with Gasteiger partial charge in [-0.15, -0.1) is 11.8 Å². The number of halogens is 1. The summed E-state index contributed by atoms with van der Waals surface area (Å²) in [7, 11) is 0. The fourth-order valence-corrected chi connectivity index (χ4v) is 3.20. The SMILES string of the molecule is NC(=O)C1CCCCN1C(=O)CSc1ccc(Cl)cc1. The molecule has 20 heavy (non-hydrogen) atoms. The summed E-state index contributed by atoms with van der Waals surface area (Å²) in [6.45, 7) is 0.619. The summed E-state index contributed by atoms with van der Waals surface area (Å²) < 4.78 is 0. The number of amides is 2. The molecule has 1 heterocycles. The standard InChI is InChI=1S/C14H17ClN2O2S/c15-10-4-6-11(7-5-10)20-9-13(18)17-8-2-1-3-12(17)14(16)19/h4-7,12H,1-3,8-9H2,(H2,16,19). The van der Waals surface area contributed by atoms with E-state index in [1.807, 2.05) is 12.1 Å². The summed E-state index contributed by atoms with van der Waals surface area (Å²) in [5.74, 6) is -0.131. The fourth-order valence-electron chi connectivity index (χ4n) is 2.28. The van der Waals surface area contributed by atoms with Gasteiger partial charge in [-0.3, -0.25) is 9.59 Å². The largest absolute Gasteiger partial charge is 0.368 e. The van der Waals surface area contributed by atoms with Crippen LogP contribution in [0.4, 0.5) is 0 Å². The van der Waals surface area contributed by atoms with Crippen LogP contribution in [-0.4, -0.2) is 35.1 Å². The lowest BCUT2D eigenvalue weighted by molar-refractivity contribution is -0.138. The van der Waals surface area contributed by atoms with Gasteiger partial charge in [0.1, 0.15) is 6.04 Å². The molecule has 1 aromatic rings. The minimum atomic E-state index is -0.443. The van der Waals surface area contributed by atoms with E-state index in [9.17, 15) is 9.59 Å². The van der Waals surface area contributed by atoms with Gasteiger partial charge in [-0.05, 0) is 43.5 Å². The number of piperidine rings is 1. The Labute approximate surface area is 127 Å². The highest BCUT2D eigenvalue weighted by molar-refractivity contribution is 8.00. The van der Waals surface area contributed by atoms with Gasteiger partial charge in [0.25, 0.3) is 0 Å².